The third kappa shape index (κ3) is 3.45. The average Bonchev–Trinajstić information content (AvgIpc) is 2.95. The molecule has 0 aliphatic carbocycles. The lowest BCUT2D eigenvalue weighted by Gasteiger charge is -2.14. The number of nitrogens with one attached hydrogen (secondary N) is 1. The fourth-order valence-corrected chi connectivity index (χ4v) is 2.05. The summed E-state index contributed by atoms with van der Waals surface area (Å²) in [5.74, 6) is 0.952. The molecule has 0 bridgehead atoms. The SMILES string of the molecule is CCCc1nnc(NCCCN2CCCC2=O)o1. The van der Waals surface area contributed by atoms with E-state index in [0.717, 1.165) is 45.3 Å². The first-order chi connectivity index (χ1) is 8.79. The molecule has 1 aliphatic heterocycles. The van der Waals surface area contributed by atoms with E-state index in [0.29, 0.717) is 18.3 Å². The molecule has 1 saturated heterocycles. The first-order valence-electron chi connectivity index (χ1n) is 6.63. The van der Waals surface area contributed by atoms with Gasteiger partial charge in [0.1, 0.15) is 0 Å². The van der Waals surface area contributed by atoms with Crippen LogP contribution >= 0.6 is 0 Å². The minimum Gasteiger partial charge on any atom is -0.408 e. The molecular formula is C12H20N4O2. The van der Waals surface area contributed by atoms with Gasteiger partial charge in [-0.1, -0.05) is 12.0 Å². The molecule has 1 aromatic rings. The molecule has 100 valence electrons. The van der Waals surface area contributed by atoms with Crippen LogP contribution < -0.4 is 5.32 Å². The van der Waals surface area contributed by atoms with Gasteiger partial charge in [-0.25, -0.2) is 0 Å². The maximum atomic E-state index is 11.4. The van der Waals surface area contributed by atoms with Gasteiger partial charge in [-0.3, -0.25) is 4.79 Å². The third-order valence-corrected chi connectivity index (χ3v) is 2.98. The highest BCUT2D eigenvalue weighted by atomic mass is 16.4. The van der Waals surface area contributed by atoms with Crippen molar-refractivity contribution in [2.24, 2.45) is 0 Å². The molecule has 0 aromatic carbocycles. The van der Waals surface area contributed by atoms with Crippen LogP contribution in [0.2, 0.25) is 0 Å². The second-order valence-electron chi connectivity index (χ2n) is 4.52. The van der Waals surface area contributed by atoms with E-state index >= 15 is 0 Å². The monoisotopic (exact) mass is 252 g/mol. The van der Waals surface area contributed by atoms with Crippen molar-refractivity contribution in [3.8, 4) is 0 Å². The topological polar surface area (TPSA) is 71.3 Å². The second kappa shape index (κ2) is 6.37. The van der Waals surface area contributed by atoms with Gasteiger partial charge in [0, 0.05) is 32.5 Å². The predicted molar refractivity (Wildman–Crippen MR) is 67.2 cm³/mol. The first-order valence-corrected chi connectivity index (χ1v) is 6.63. The number of rotatable bonds is 7. The molecule has 1 aromatic heterocycles. The number of aryl methyl sites for hydroxylation is 1. The number of amides is 1. The highest BCUT2D eigenvalue weighted by molar-refractivity contribution is 5.77. The molecule has 0 radical (unpaired) electrons. The molecule has 0 unspecified atom stereocenters. The van der Waals surface area contributed by atoms with Crippen molar-refractivity contribution in [3.05, 3.63) is 5.89 Å². The van der Waals surface area contributed by atoms with Crippen LogP contribution in [0.1, 0.15) is 38.5 Å². The standard InChI is InChI=1S/C12H20N4O2/c1-2-5-10-14-15-12(18-10)13-7-4-9-16-8-3-6-11(16)17/h2-9H2,1H3,(H,13,15). The Morgan fingerprint density at radius 1 is 1.44 bits per heavy atom. The van der Waals surface area contributed by atoms with Crippen LogP contribution in [0.15, 0.2) is 4.42 Å². The Hall–Kier alpha value is -1.59. The number of hydrogen-bond acceptors (Lipinski definition) is 5. The van der Waals surface area contributed by atoms with E-state index in [1.807, 2.05) is 4.90 Å². The minimum atomic E-state index is 0.276. The number of likely N-dealkylation sites (tertiary alicyclic amines) is 1. The maximum Gasteiger partial charge on any atom is 0.315 e. The van der Waals surface area contributed by atoms with Gasteiger partial charge in [-0.05, 0) is 19.3 Å². The first kappa shape index (κ1) is 12.9. The number of hydrogen-bond donors (Lipinski definition) is 1. The summed E-state index contributed by atoms with van der Waals surface area (Å²) in [6.45, 7) is 4.53. The number of carbonyl (C=O) groups is 1. The fourth-order valence-electron chi connectivity index (χ4n) is 2.05. The van der Waals surface area contributed by atoms with Gasteiger partial charge >= 0.3 is 6.01 Å². The molecule has 2 heterocycles. The Morgan fingerprint density at radius 2 is 2.33 bits per heavy atom. The summed E-state index contributed by atoms with van der Waals surface area (Å²) < 4.78 is 5.40. The van der Waals surface area contributed by atoms with E-state index < -0.39 is 0 Å². The lowest BCUT2D eigenvalue weighted by molar-refractivity contribution is -0.127. The molecule has 1 amide bonds. The van der Waals surface area contributed by atoms with Crippen molar-refractivity contribution >= 4 is 11.9 Å². The van der Waals surface area contributed by atoms with Gasteiger partial charge in [0.05, 0.1) is 0 Å². The van der Waals surface area contributed by atoms with Crippen molar-refractivity contribution in [2.45, 2.75) is 39.0 Å². The Kier molecular flexibility index (Phi) is 4.55. The predicted octanol–water partition coefficient (Wildman–Crippen LogP) is 1.45. The zero-order chi connectivity index (χ0) is 12.8. The van der Waals surface area contributed by atoms with Crippen LogP contribution in [0.4, 0.5) is 6.01 Å². The Bertz CT molecular complexity index is 391. The van der Waals surface area contributed by atoms with Crippen molar-refractivity contribution in [1.29, 1.82) is 0 Å². The molecule has 0 saturated carbocycles. The number of carbonyl (C=O) groups excluding carboxylic acids is 1. The summed E-state index contributed by atoms with van der Waals surface area (Å²) in [5.41, 5.74) is 0. The molecule has 6 nitrogen and oxygen atoms in total. The summed E-state index contributed by atoms with van der Waals surface area (Å²) in [6, 6.07) is 0.478. The van der Waals surface area contributed by atoms with Crippen LogP contribution in [0.3, 0.4) is 0 Å². The van der Waals surface area contributed by atoms with Crippen LogP contribution in [-0.2, 0) is 11.2 Å². The Labute approximate surface area is 107 Å². The summed E-state index contributed by atoms with van der Waals surface area (Å²) in [6.07, 6.45) is 4.42. The van der Waals surface area contributed by atoms with E-state index in [1.54, 1.807) is 0 Å². The van der Waals surface area contributed by atoms with Gasteiger partial charge in [-0.15, -0.1) is 5.10 Å². The summed E-state index contributed by atoms with van der Waals surface area (Å²) in [4.78, 5) is 13.3. The average molecular weight is 252 g/mol. The van der Waals surface area contributed by atoms with Crippen molar-refractivity contribution < 1.29 is 9.21 Å². The molecule has 0 atom stereocenters. The molecular weight excluding hydrogens is 232 g/mol. The molecule has 1 aliphatic rings. The summed E-state index contributed by atoms with van der Waals surface area (Å²) in [5, 5.41) is 10.9. The van der Waals surface area contributed by atoms with E-state index in [4.69, 9.17) is 4.42 Å². The number of anilines is 1. The number of nitrogens with zero attached hydrogens (tertiary/aromatic N) is 3. The summed E-state index contributed by atoms with van der Waals surface area (Å²) in [7, 11) is 0. The van der Waals surface area contributed by atoms with Crippen molar-refractivity contribution in [2.75, 3.05) is 25.0 Å². The number of aromatic nitrogens is 2. The molecule has 1 N–H and O–H groups in total. The highest BCUT2D eigenvalue weighted by Crippen LogP contribution is 2.10. The molecule has 0 spiro atoms. The highest BCUT2D eigenvalue weighted by Gasteiger charge is 2.18. The van der Waals surface area contributed by atoms with Gasteiger partial charge < -0.3 is 14.6 Å². The molecule has 1 fully saturated rings. The van der Waals surface area contributed by atoms with Gasteiger partial charge in [-0.2, -0.15) is 0 Å². The van der Waals surface area contributed by atoms with Crippen LogP contribution in [0, 0.1) is 0 Å². The minimum absolute atomic E-state index is 0.276. The third-order valence-electron chi connectivity index (χ3n) is 2.98. The second-order valence-corrected chi connectivity index (χ2v) is 4.52. The van der Waals surface area contributed by atoms with E-state index in [2.05, 4.69) is 22.4 Å². The van der Waals surface area contributed by atoms with Crippen LogP contribution in [0.25, 0.3) is 0 Å². The maximum absolute atomic E-state index is 11.4. The lowest BCUT2D eigenvalue weighted by Crippen LogP contribution is -2.26. The Morgan fingerprint density at radius 3 is 3.06 bits per heavy atom. The van der Waals surface area contributed by atoms with Gasteiger partial charge in [0.25, 0.3) is 0 Å². The zero-order valence-electron chi connectivity index (χ0n) is 10.8. The van der Waals surface area contributed by atoms with Crippen molar-refractivity contribution in [1.82, 2.24) is 15.1 Å². The zero-order valence-corrected chi connectivity index (χ0v) is 10.8. The van der Waals surface area contributed by atoms with Crippen LogP contribution in [-0.4, -0.2) is 40.6 Å². The molecule has 18 heavy (non-hydrogen) atoms. The molecule has 6 heteroatoms. The van der Waals surface area contributed by atoms with Gasteiger partial charge in [0.15, 0.2) is 0 Å². The van der Waals surface area contributed by atoms with E-state index in [9.17, 15) is 4.79 Å². The largest absolute Gasteiger partial charge is 0.408 e. The van der Waals surface area contributed by atoms with Crippen molar-refractivity contribution in [3.63, 3.8) is 0 Å². The lowest BCUT2D eigenvalue weighted by atomic mass is 10.3. The van der Waals surface area contributed by atoms with Gasteiger partial charge in [0.2, 0.25) is 11.8 Å². The van der Waals surface area contributed by atoms with E-state index in [1.165, 1.54) is 0 Å². The molecule has 2 rings (SSSR count). The van der Waals surface area contributed by atoms with Crippen LogP contribution in [0.5, 0.6) is 0 Å². The quantitative estimate of drug-likeness (QED) is 0.744. The Balaban J connectivity index is 1.63. The van der Waals surface area contributed by atoms with E-state index in [-0.39, 0.29) is 5.91 Å². The summed E-state index contributed by atoms with van der Waals surface area (Å²) >= 11 is 0. The normalized spacial score (nSPS) is 15.4. The fraction of sp³-hybridized carbons (Fsp3) is 0.750. The smallest absolute Gasteiger partial charge is 0.315 e.